The molecule has 0 aliphatic heterocycles. The first-order chi connectivity index (χ1) is 18.4. The molecule has 0 heterocycles. The smallest absolute Gasteiger partial charge is 0.371 e. The lowest BCUT2D eigenvalue weighted by atomic mass is 10.1. The van der Waals surface area contributed by atoms with Crippen LogP contribution in [0.1, 0.15) is 16.7 Å². The number of aromatic hydroxyl groups is 5. The standard InChI is InChI=1S/C27H22O12/c28-17-5-1-15(10-19(17)30)12-23(26(34)35)38-22-7-3-14(9-21(22)32)4-8-25(33)39-24(27(36)37)13-16-2-6-18(29)20(31)11-16/h1-12,24,28-32H,13H2,(H,34,35)(H,36,37). The molecule has 0 saturated carbocycles. The summed E-state index contributed by atoms with van der Waals surface area (Å²) in [5, 5.41) is 66.9. The molecule has 1 unspecified atom stereocenters. The van der Waals surface area contributed by atoms with Gasteiger partial charge in [0.25, 0.3) is 0 Å². The summed E-state index contributed by atoms with van der Waals surface area (Å²) in [7, 11) is 0. The number of esters is 1. The molecule has 0 fully saturated rings. The molecule has 0 aliphatic carbocycles. The molecule has 39 heavy (non-hydrogen) atoms. The lowest BCUT2D eigenvalue weighted by Crippen LogP contribution is -2.28. The van der Waals surface area contributed by atoms with Crippen molar-refractivity contribution in [3.8, 4) is 34.5 Å². The van der Waals surface area contributed by atoms with Crippen molar-refractivity contribution in [2.75, 3.05) is 0 Å². The van der Waals surface area contributed by atoms with E-state index >= 15 is 0 Å². The number of phenolic OH excluding ortho intramolecular Hbond substituents is 5. The molecule has 0 aliphatic rings. The Morgan fingerprint density at radius 3 is 1.95 bits per heavy atom. The second-order valence-electron chi connectivity index (χ2n) is 8.02. The highest BCUT2D eigenvalue weighted by atomic mass is 16.6. The normalized spacial score (nSPS) is 12.2. The molecule has 0 amide bonds. The molecule has 0 aromatic heterocycles. The van der Waals surface area contributed by atoms with Crippen LogP contribution in [-0.2, 0) is 25.5 Å². The van der Waals surface area contributed by atoms with Crippen LogP contribution in [0.5, 0.6) is 34.5 Å². The van der Waals surface area contributed by atoms with Crippen molar-refractivity contribution in [2.24, 2.45) is 0 Å². The van der Waals surface area contributed by atoms with Gasteiger partial charge in [-0.15, -0.1) is 0 Å². The Kier molecular flexibility index (Phi) is 8.64. The van der Waals surface area contributed by atoms with E-state index in [-0.39, 0.29) is 23.3 Å². The molecule has 0 spiro atoms. The Morgan fingerprint density at radius 1 is 0.744 bits per heavy atom. The van der Waals surface area contributed by atoms with Crippen molar-refractivity contribution in [2.45, 2.75) is 12.5 Å². The predicted molar refractivity (Wildman–Crippen MR) is 134 cm³/mol. The fourth-order valence-corrected chi connectivity index (χ4v) is 3.19. The van der Waals surface area contributed by atoms with Gasteiger partial charge in [0.15, 0.2) is 34.5 Å². The Balaban J connectivity index is 1.69. The summed E-state index contributed by atoms with van der Waals surface area (Å²) in [6.07, 6.45) is 1.32. The van der Waals surface area contributed by atoms with Gasteiger partial charge in [-0.1, -0.05) is 18.2 Å². The van der Waals surface area contributed by atoms with E-state index in [4.69, 9.17) is 9.47 Å². The van der Waals surface area contributed by atoms with E-state index in [1.807, 2.05) is 0 Å². The summed E-state index contributed by atoms with van der Waals surface area (Å²) in [5.41, 5.74) is 0.755. The van der Waals surface area contributed by atoms with Gasteiger partial charge in [-0.2, -0.15) is 0 Å². The summed E-state index contributed by atoms with van der Waals surface area (Å²) in [4.78, 5) is 35.3. The maximum Gasteiger partial charge on any atom is 0.371 e. The summed E-state index contributed by atoms with van der Waals surface area (Å²) in [6, 6.07) is 11.0. The Morgan fingerprint density at radius 2 is 1.36 bits per heavy atom. The van der Waals surface area contributed by atoms with Gasteiger partial charge < -0.3 is 45.2 Å². The van der Waals surface area contributed by atoms with Crippen molar-refractivity contribution in [3.05, 3.63) is 83.1 Å². The number of ether oxygens (including phenoxy) is 2. The fourth-order valence-electron chi connectivity index (χ4n) is 3.19. The van der Waals surface area contributed by atoms with Crippen molar-refractivity contribution < 1.29 is 59.6 Å². The molecule has 3 rings (SSSR count). The highest BCUT2D eigenvalue weighted by molar-refractivity contribution is 5.91. The van der Waals surface area contributed by atoms with Crippen LogP contribution in [-0.4, -0.2) is 59.8 Å². The van der Waals surface area contributed by atoms with E-state index < -0.39 is 58.5 Å². The number of hydrogen-bond donors (Lipinski definition) is 7. The molecule has 0 radical (unpaired) electrons. The molecule has 202 valence electrons. The third kappa shape index (κ3) is 7.67. The minimum absolute atomic E-state index is 0.196. The largest absolute Gasteiger partial charge is 0.504 e. The zero-order chi connectivity index (χ0) is 28.7. The van der Waals surface area contributed by atoms with Crippen LogP contribution in [0.4, 0.5) is 0 Å². The van der Waals surface area contributed by atoms with Gasteiger partial charge in [0.05, 0.1) is 0 Å². The summed E-state index contributed by atoms with van der Waals surface area (Å²) < 4.78 is 10.2. The number of carbonyl (C=O) groups is 3. The highest BCUT2D eigenvalue weighted by Gasteiger charge is 2.22. The van der Waals surface area contributed by atoms with Crippen molar-refractivity contribution in [3.63, 3.8) is 0 Å². The molecular weight excluding hydrogens is 516 g/mol. The van der Waals surface area contributed by atoms with Crippen LogP contribution in [0.3, 0.4) is 0 Å². The molecule has 12 nitrogen and oxygen atoms in total. The number of benzene rings is 3. The number of carbonyl (C=O) groups excluding carboxylic acids is 1. The third-order valence-electron chi connectivity index (χ3n) is 5.12. The average Bonchev–Trinajstić information content (AvgIpc) is 2.87. The first kappa shape index (κ1) is 27.9. The molecule has 0 saturated heterocycles. The van der Waals surface area contributed by atoms with Gasteiger partial charge >= 0.3 is 17.9 Å². The quantitative estimate of drug-likeness (QED) is 0.0859. The first-order valence-corrected chi connectivity index (χ1v) is 11.0. The summed E-state index contributed by atoms with van der Waals surface area (Å²) >= 11 is 0. The molecule has 3 aromatic carbocycles. The zero-order valence-electron chi connectivity index (χ0n) is 19.9. The lowest BCUT2D eigenvalue weighted by Gasteiger charge is -2.13. The van der Waals surface area contributed by atoms with Crippen LogP contribution < -0.4 is 4.74 Å². The van der Waals surface area contributed by atoms with E-state index in [2.05, 4.69) is 0 Å². The molecule has 12 heteroatoms. The van der Waals surface area contributed by atoms with E-state index in [9.17, 15) is 50.1 Å². The van der Waals surface area contributed by atoms with Crippen LogP contribution in [0.15, 0.2) is 66.4 Å². The molecular formula is C27H22O12. The second kappa shape index (κ2) is 12.1. The van der Waals surface area contributed by atoms with Gasteiger partial charge in [0, 0.05) is 12.5 Å². The van der Waals surface area contributed by atoms with Gasteiger partial charge in [-0.25, -0.2) is 14.4 Å². The van der Waals surface area contributed by atoms with Crippen molar-refractivity contribution in [1.82, 2.24) is 0 Å². The van der Waals surface area contributed by atoms with Crippen LogP contribution in [0.2, 0.25) is 0 Å². The minimum atomic E-state index is -1.59. The molecule has 7 N–H and O–H groups in total. The van der Waals surface area contributed by atoms with Gasteiger partial charge in [0.1, 0.15) is 0 Å². The van der Waals surface area contributed by atoms with Gasteiger partial charge in [-0.05, 0) is 65.2 Å². The third-order valence-corrected chi connectivity index (χ3v) is 5.12. The number of phenols is 5. The minimum Gasteiger partial charge on any atom is -0.504 e. The number of hydrogen-bond acceptors (Lipinski definition) is 10. The SMILES string of the molecule is O=C(C=Cc1ccc(OC(=Cc2ccc(O)c(O)c2)C(=O)O)c(O)c1)OC(Cc1ccc(O)c(O)c1)C(=O)O. The Hall–Kier alpha value is -5.65. The number of rotatable bonds is 10. The van der Waals surface area contributed by atoms with Crippen molar-refractivity contribution in [1.29, 1.82) is 0 Å². The van der Waals surface area contributed by atoms with Crippen molar-refractivity contribution >= 4 is 30.1 Å². The maximum absolute atomic E-state index is 12.2. The Bertz CT molecular complexity index is 1470. The van der Waals surface area contributed by atoms with Crippen LogP contribution in [0.25, 0.3) is 12.2 Å². The summed E-state index contributed by atoms with van der Waals surface area (Å²) in [6.45, 7) is 0. The lowest BCUT2D eigenvalue weighted by molar-refractivity contribution is -0.160. The molecule has 0 bridgehead atoms. The zero-order valence-corrected chi connectivity index (χ0v) is 19.9. The highest BCUT2D eigenvalue weighted by Crippen LogP contribution is 2.31. The number of carboxylic acid groups (broad SMARTS) is 2. The number of carboxylic acids is 2. The second-order valence-corrected chi connectivity index (χ2v) is 8.02. The average molecular weight is 538 g/mol. The topological polar surface area (TPSA) is 211 Å². The summed E-state index contributed by atoms with van der Waals surface area (Å²) in [5.74, 6) is -6.98. The van der Waals surface area contributed by atoms with Gasteiger partial charge in [-0.3, -0.25) is 0 Å². The fraction of sp³-hybridized carbons (Fsp3) is 0.0741. The maximum atomic E-state index is 12.2. The molecule has 3 aromatic rings. The van der Waals surface area contributed by atoms with E-state index in [0.717, 1.165) is 36.4 Å². The van der Waals surface area contributed by atoms with Crippen LogP contribution in [0, 0.1) is 0 Å². The first-order valence-electron chi connectivity index (χ1n) is 11.0. The molecule has 1 atom stereocenters. The van der Waals surface area contributed by atoms with E-state index in [1.165, 1.54) is 36.4 Å². The number of aliphatic carboxylic acids is 2. The van der Waals surface area contributed by atoms with E-state index in [1.54, 1.807) is 0 Å². The van der Waals surface area contributed by atoms with Crippen LogP contribution >= 0.6 is 0 Å². The predicted octanol–water partition coefficient (Wildman–Crippen LogP) is 2.97. The monoisotopic (exact) mass is 538 g/mol. The van der Waals surface area contributed by atoms with Gasteiger partial charge in [0.2, 0.25) is 11.9 Å². The Labute approximate surface area is 220 Å². The van der Waals surface area contributed by atoms with E-state index in [0.29, 0.717) is 5.56 Å².